The number of benzene rings is 2. The van der Waals surface area contributed by atoms with E-state index in [1.54, 1.807) is 12.1 Å². The molecule has 25 heavy (non-hydrogen) atoms. The van der Waals surface area contributed by atoms with Crippen molar-refractivity contribution in [2.45, 2.75) is 12.6 Å². The lowest BCUT2D eigenvalue weighted by molar-refractivity contribution is 0.0160. The molecule has 2 aromatic carbocycles. The average molecular weight is 339 g/mol. The maximum atomic E-state index is 13.7. The molecule has 0 aliphatic carbocycles. The van der Waals surface area contributed by atoms with Crippen LogP contribution in [0.4, 0.5) is 4.39 Å². The molecular weight excluding hydrogens is 317 g/mol. The molecule has 130 valence electrons. The molecule has 2 aromatic rings. The molecule has 1 saturated heterocycles. The molecule has 0 bridgehead atoms. The average Bonchev–Trinajstić information content (AvgIpc) is 2.66. The molecule has 1 atom stereocenters. The second-order valence-electron chi connectivity index (χ2n) is 6.16. The lowest BCUT2D eigenvalue weighted by Crippen LogP contribution is -2.42. The van der Waals surface area contributed by atoms with E-state index in [9.17, 15) is 4.39 Å². The summed E-state index contributed by atoms with van der Waals surface area (Å²) in [6.07, 6.45) is 0. The molecular formula is C20H22FN3O. The minimum Gasteiger partial charge on any atom is -0.379 e. The molecule has 1 aliphatic heterocycles. The molecule has 0 spiro atoms. The van der Waals surface area contributed by atoms with E-state index in [0.29, 0.717) is 25.3 Å². The van der Waals surface area contributed by atoms with E-state index in [0.717, 1.165) is 30.8 Å². The fourth-order valence-corrected chi connectivity index (χ4v) is 3.11. The van der Waals surface area contributed by atoms with Gasteiger partial charge in [-0.3, -0.25) is 4.90 Å². The Labute approximate surface area is 147 Å². The van der Waals surface area contributed by atoms with Crippen LogP contribution in [0, 0.1) is 17.1 Å². The number of hydrogen-bond acceptors (Lipinski definition) is 4. The summed E-state index contributed by atoms with van der Waals surface area (Å²) in [6, 6.07) is 16.6. The number of rotatable bonds is 6. The predicted octanol–water partition coefficient (Wildman–Crippen LogP) is 2.86. The molecule has 1 fully saturated rings. The van der Waals surface area contributed by atoms with Crippen LogP contribution in [-0.2, 0) is 11.3 Å². The summed E-state index contributed by atoms with van der Waals surface area (Å²) in [5, 5.41) is 12.3. The largest absolute Gasteiger partial charge is 0.379 e. The Bertz CT molecular complexity index is 720. The van der Waals surface area contributed by atoms with E-state index in [4.69, 9.17) is 10.00 Å². The molecule has 1 heterocycles. The number of nitriles is 1. The van der Waals surface area contributed by atoms with Gasteiger partial charge in [0.05, 0.1) is 24.8 Å². The molecule has 1 N–H and O–H groups in total. The molecule has 0 aromatic heterocycles. The Morgan fingerprint density at radius 2 is 1.92 bits per heavy atom. The molecule has 0 unspecified atom stereocenters. The van der Waals surface area contributed by atoms with E-state index in [1.807, 2.05) is 30.3 Å². The molecule has 0 radical (unpaired) electrons. The Morgan fingerprint density at radius 3 is 2.60 bits per heavy atom. The zero-order chi connectivity index (χ0) is 17.5. The van der Waals surface area contributed by atoms with E-state index in [2.05, 4.69) is 16.3 Å². The van der Waals surface area contributed by atoms with Crippen molar-refractivity contribution in [2.75, 3.05) is 32.8 Å². The van der Waals surface area contributed by atoms with E-state index < -0.39 is 0 Å². The number of halogens is 1. The third kappa shape index (κ3) is 4.86. The highest BCUT2D eigenvalue weighted by molar-refractivity contribution is 5.31. The van der Waals surface area contributed by atoms with Crippen molar-refractivity contribution in [3.63, 3.8) is 0 Å². The number of ether oxygens (including phenoxy) is 1. The van der Waals surface area contributed by atoms with Crippen molar-refractivity contribution in [3.05, 3.63) is 71.0 Å². The van der Waals surface area contributed by atoms with Gasteiger partial charge in [-0.25, -0.2) is 4.39 Å². The molecule has 1 aliphatic rings. The van der Waals surface area contributed by atoms with Gasteiger partial charge < -0.3 is 10.1 Å². The normalized spacial score (nSPS) is 16.3. The van der Waals surface area contributed by atoms with Gasteiger partial charge in [0.15, 0.2) is 0 Å². The second kappa shape index (κ2) is 8.72. The van der Waals surface area contributed by atoms with Crippen molar-refractivity contribution in [1.82, 2.24) is 10.2 Å². The summed E-state index contributed by atoms with van der Waals surface area (Å²) in [4.78, 5) is 2.34. The van der Waals surface area contributed by atoms with Gasteiger partial charge in [-0.1, -0.05) is 24.3 Å². The maximum absolute atomic E-state index is 13.7. The van der Waals surface area contributed by atoms with Crippen LogP contribution in [0.1, 0.15) is 22.7 Å². The maximum Gasteiger partial charge on any atom is 0.123 e. The number of morpholine rings is 1. The first-order chi connectivity index (χ1) is 12.3. The molecule has 0 saturated carbocycles. The van der Waals surface area contributed by atoms with Gasteiger partial charge in [0, 0.05) is 32.2 Å². The topological polar surface area (TPSA) is 48.3 Å². The van der Waals surface area contributed by atoms with Gasteiger partial charge >= 0.3 is 0 Å². The Morgan fingerprint density at radius 1 is 1.16 bits per heavy atom. The van der Waals surface area contributed by atoms with Gasteiger partial charge in [0.1, 0.15) is 5.82 Å². The van der Waals surface area contributed by atoms with Crippen LogP contribution in [0.2, 0.25) is 0 Å². The summed E-state index contributed by atoms with van der Waals surface area (Å²) in [5.41, 5.74) is 2.77. The standard InChI is InChI=1S/C20H22FN3O/c21-19-3-1-2-18(12-19)20(24-8-10-25-11-9-24)15-23-14-17-6-4-16(13-22)5-7-17/h1-7,12,20,23H,8-11,14-15H2/t20-/m0/s1. The minimum atomic E-state index is -0.206. The van der Waals surface area contributed by atoms with Crippen LogP contribution >= 0.6 is 0 Å². The smallest absolute Gasteiger partial charge is 0.123 e. The van der Waals surface area contributed by atoms with Crippen LogP contribution < -0.4 is 5.32 Å². The quantitative estimate of drug-likeness (QED) is 0.879. The number of hydrogen-bond donors (Lipinski definition) is 1. The fourth-order valence-electron chi connectivity index (χ4n) is 3.11. The van der Waals surface area contributed by atoms with Crippen molar-refractivity contribution in [1.29, 1.82) is 5.26 Å². The first-order valence-electron chi connectivity index (χ1n) is 8.53. The molecule has 4 nitrogen and oxygen atoms in total. The highest BCUT2D eigenvalue weighted by Gasteiger charge is 2.22. The number of nitrogens with zero attached hydrogens (tertiary/aromatic N) is 2. The summed E-state index contributed by atoms with van der Waals surface area (Å²) < 4.78 is 19.1. The van der Waals surface area contributed by atoms with Gasteiger partial charge in [0.25, 0.3) is 0 Å². The first kappa shape index (κ1) is 17.6. The monoisotopic (exact) mass is 339 g/mol. The third-order valence-corrected chi connectivity index (χ3v) is 4.47. The van der Waals surface area contributed by atoms with Crippen LogP contribution in [0.5, 0.6) is 0 Å². The molecule has 3 rings (SSSR count). The molecule has 0 amide bonds. The lowest BCUT2D eigenvalue weighted by Gasteiger charge is -2.35. The van der Waals surface area contributed by atoms with Crippen LogP contribution in [0.15, 0.2) is 48.5 Å². The second-order valence-corrected chi connectivity index (χ2v) is 6.16. The predicted molar refractivity (Wildman–Crippen MR) is 94.4 cm³/mol. The summed E-state index contributed by atoms with van der Waals surface area (Å²) in [5.74, 6) is -0.206. The molecule has 5 heteroatoms. The Balaban J connectivity index is 1.65. The summed E-state index contributed by atoms with van der Waals surface area (Å²) in [6.45, 7) is 4.55. The van der Waals surface area contributed by atoms with Crippen LogP contribution in [0.25, 0.3) is 0 Å². The van der Waals surface area contributed by atoms with Crippen molar-refractivity contribution in [2.24, 2.45) is 0 Å². The Kier molecular flexibility index (Phi) is 6.13. The van der Waals surface area contributed by atoms with Crippen molar-refractivity contribution >= 4 is 0 Å². The van der Waals surface area contributed by atoms with Crippen molar-refractivity contribution < 1.29 is 9.13 Å². The van der Waals surface area contributed by atoms with Crippen molar-refractivity contribution in [3.8, 4) is 6.07 Å². The SMILES string of the molecule is N#Cc1ccc(CNC[C@@H](c2cccc(F)c2)N2CCOCC2)cc1. The zero-order valence-electron chi connectivity index (χ0n) is 14.1. The highest BCUT2D eigenvalue weighted by atomic mass is 19.1. The fraction of sp³-hybridized carbons (Fsp3) is 0.350. The van der Waals surface area contributed by atoms with Gasteiger partial charge in [-0.2, -0.15) is 5.26 Å². The number of nitrogens with one attached hydrogen (secondary N) is 1. The van der Waals surface area contributed by atoms with Gasteiger partial charge in [-0.15, -0.1) is 0 Å². The minimum absolute atomic E-state index is 0.109. The van der Waals surface area contributed by atoms with E-state index in [1.165, 1.54) is 6.07 Å². The summed E-state index contributed by atoms with van der Waals surface area (Å²) in [7, 11) is 0. The summed E-state index contributed by atoms with van der Waals surface area (Å²) >= 11 is 0. The lowest BCUT2D eigenvalue weighted by atomic mass is 10.0. The highest BCUT2D eigenvalue weighted by Crippen LogP contribution is 2.22. The zero-order valence-corrected chi connectivity index (χ0v) is 14.1. The first-order valence-corrected chi connectivity index (χ1v) is 8.53. The van der Waals surface area contributed by atoms with Gasteiger partial charge in [0.2, 0.25) is 0 Å². The van der Waals surface area contributed by atoms with Crippen LogP contribution in [-0.4, -0.2) is 37.7 Å². The van der Waals surface area contributed by atoms with E-state index in [-0.39, 0.29) is 11.9 Å². The van der Waals surface area contributed by atoms with Gasteiger partial charge in [-0.05, 0) is 35.4 Å². The van der Waals surface area contributed by atoms with Crippen LogP contribution in [0.3, 0.4) is 0 Å². The van der Waals surface area contributed by atoms with E-state index >= 15 is 0 Å². The Hall–Kier alpha value is -2.26. The third-order valence-electron chi connectivity index (χ3n) is 4.47.